The molecule has 0 saturated carbocycles. The van der Waals surface area contributed by atoms with Crippen LogP contribution in [0.5, 0.6) is 0 Å². The van der Waals surface area contributed by atoms with Crippen molar-refractivity contribution in [2.24, 2.45) is 5.73 Å². The molecule has 0 aromatic heterocycles. The van der Waals surface area contributed by atoms with Crippen LogP contribution in [-0.2, 0) is 22.6 Å². The van der Waals surface area contributed by atoms with Crippen LogP contribution in [0.15, 0.2) is 42.5 Å². The van der Waals surface area contributed by atoms with Gasteiger partial charge >= 0.3 is 12.0 Å². The van der Waals surface area contributed by atoms with E-state index in [1.54, 1.807) is 24.3 Å². The van der Waals surface area contributed by atoms with E-state index >= 15 is 0 Å². The predicted molar refractivity (Wildman–Crippen MR) is 79.5 cm³/mol. The van der Waals surface area contributed by atoms with Crippen LogP contribution in [0.25, 0.3) is 0 Å². The van der Waals surface area contributed by atoms with Crippen LogP contribution >= 0.6 is 0 Å². The molecule has 0 unspecified atom stereocenters. The highest BCUT2D eigenvalue weighted by molar-refractivity contribution is 5.87. The van der Waals surface area contributed by atoms with E-state index in [1.807, 2.05) is 0 Å². The summed E-state index contributed by atoms with van der Waals surface area (Å²) in [6, 6.07) is 9.39. The van der Waals surface area contributed by atoms with Crippen LogP contribution in [0.2, 0.25) is 0 Å². The molecular weight excluding hydrogens is 306 g/mol. The Morgan fingerprint density at radius 2 is 1.78 bits per heavy atom. The Hall–Kier alpha value is -2.96. The van der Waals surface area contributed by atoms with E-state index in [-0.39, 0.29) is 18.6 Å². The second kappa shape index (κ2) is 7.35. The maximum absolute atomic E-state index is 13.4. The normalized spacial score (nSPS) is 10.2. The van der Waals surface area contributed by atoms with Gasteiger partial charge in [0.25, 0.3) is 0 Å². The quantitative estimate of drug-likeness (QED) is 0.831. The molecule has 0 radical (unpaired) electrons. The monoisotopic (exact) mass is 320 g/mol. The summed E-state index contributed by atoms with van der Waals surface area (Å²) in [5.74, 6) is -2.59. The number of carbonyl (C=O) groups excluding carboxylic acids is 2. The van der Waals surface area contributed by atoms with E-state index in [0.29, 0.717) is 11.3 Å². The van der Waals surface area contributed by atoms with Gasteiger partial charge in [0.05, 0.1) is 6.42 Å². The van der Waals surface area contributed by atoms with Crippen LogP contribution in [-0.4, -0.2) is 12.0 Å². The van der Waals surface area contributed by atoms with Crippen molar-refractivity contribution < 1.29 is 23.1 Å². The van der Waals surface area contributed by atoms with Crippen LogP contribution in [0.4, 0.5) is 19.3 Å². The molecule has 0 bridgehead atoms. The third kappa shape index (κ3) is 4.77. The predicted octanol–water partition coefficient (Wildman–Crippen LogP) is 2.74. The Bertz CT molecular complexity index is 718. The second-order valence-corrected chi connectivity index (χ2v) is 4.74. The molecule has 0 aliphatic heterocycles. The van der Waals surface area contributed by atoms with Gasteiger partial charge in [-0.25, -0.2) is 13.6 Å². The lowest BCUT2D eigenvalue weighted by Gasteiger charge is -2.07. The summed E-state index contributed by atoms with van der Waals surface area (Å²) in [6.07, 6.45) is -0.0339. The number of benzene rings is 2. The molecule has 2 rings (SSSR count). The van der Waals surface area contributed by atoms with Crippen molar-refractivity contribution in [1.29, 1.82) is 0 Å². The summed E-state index contributed by atoms with van der Waals surface area (Å²) in [5.41, 5.74) is 6.09. The van der Waals surface area contributed by atoms with Crippen LogP contribution in [0.3, 0.4) is 0 Å². The number of urea groups is 1. The number of nitrogens with one attached hydrogen (secondary N) is 1. The highest BCUT2D eigenvalue weighted by Crippen LogP contribution is 2.14. The van der Waals surface area contributed by atoms with Crippen molar-refractivity contribution in [3.63, 3.8) is 0 Å². The minimum absolute atomic E-state index is 0.0284. The molecule has 120 valence electrons. The Labute approximate surface area is 131 Å². The van der Waals surface area contributed by atoms with Crippen LogP contribution in [0, 0.1) is 11.6 Å². The number of hydrogen-bond acceptors (Lipinski definition) is 3. The smallest absolute Gasteiger partial charge is 0.316 e. The third-order valence-corrected chi connectivity index (χ3v) is 2.99. The maximum Gasteiger partial charge on any atom is 0.316 e. The number of primary amides is 1. The summed E-state index contributed by atoms with van der Waals surface area (Å²) >= 11 is 0. The molecule has 0 fully saturated rings. The molecule has 3 N–H and O–H groups in total. The molecule has 0 saturated heterocycles. The molecule has 2 aromatic rings. The zero-order valence-corrected chi connectivity index (χ0v) is 12.0. The first kappa shape index (κ1) is 16.4. The van der Waals surface area contributed by atoms with Crippen LogP contribution < -0.4 is 11.1 Å². The first-order chi connectivity index (χ1) is 11.0. The zero-order chi connectivity index (χ0) is 16.8. The van der Waals surface area contributed by atoms with Gasteiger partial charge in [0.15, 0.2) is 11.6 Å². The lowest BCUT2D eigenvalue weighted by atomic mass is 10.1. The van der Waals surface area contributed by atoms with Crippen molar-refractivity contribution in [2.45, 2.75) is 13.0 Å². The van der Waals surface area contributed by atoms with Gasteiger partial charge in [0.2, 0.25) is 0 Å². The van der Waals surface area contributed by atoms with Crippen molar-refractivity contribution >= 4 is 17.7 Å². The SMILES string of the molecule is NC(=O)Nc1ccc(CC(=O)OCc2cccc(F)c2F)cc1. The van der Waals surface area contributed by atoms with Gasteiger partial charge in [-0.1, -0.05) is 24.3 Å². The number of ether oxygens (including phenoxy) is 1. The van der Waals surface area contributed by atoms with Gasteiger partial charge in [-0.3, -0.25) is 4.79 Å². The Balaban J connectivity index is 1.89. The van der Waals surface area contributed by atoms with E-state index in [4.69, 9.17) is 10.5 Å². The molecule has 0 atom stereocenters. The van der Waals surface area contributed by atoms with Crippen molar-refractivity contribution in [1.82, 2.24) is 0 Å². The van der Waals surface area contributed by atoms with Gasteiger partial charge < -0.3 is 15.8 Å². The van der Waals surface area contributed by atoms with Crippen molar-refractivity contribution in [2.75, 3.05) is 5.32 Å². The maximum atomic E-state index is 13.4. The lowest BCUT2D eigenvalue weighted by Crippen LogP contribution is -2.19. The highest BCUT2D eigenvalue weighted by Gasteiger charge is 2.11. The molecule has 2 amide bonds. The van der Waals surface area contributed by atoms with Crippen molar-refractivity contribution in [3.05, 3.63) is 65.2 Å². The molecule has 23 heavy (non-hydrogen) atoms. The zero-order valence-electron chi connectivity index (χ0n) is 12.0. The summed E-state index contributed by atoms with van der Waals surface area (Å²) in [7, 11) is 0. The number of amides is 2. The number of rotatable bonds is 5. The summed E-state index contributed by atoms with van der Waals surface area (Å²) in [4.78, 5) is 22.4. The highest BCUT2D eigenvalue weighted by atomic mass is 19.2. The largest absolute Gasteiger partial charge is 0.460 e. The van der Waals surface area contributed by atoms with Gasteiger partial charge in [-0.15, -0.1) is 0 Å². The molecular formula is C16H14F2N2O3. The molecule has 5 nitrogen and oxygen atoms in total. The Kier molecular flexibility index (Phi) is 5.24. The number of hydrogen-bond donors (Lipinski definition) is 2. The van der Waals surface area contributed by atoms with E-state index in [9.17, 15) is 18.4 Å². The second-order valence-electron chi connectivity index (χ2n) is 4.74. The molecule has 7 heteroatoms. The van der Waals surface area contributed by atoms with E-state index in [2.05, 4.69) is 5.32 Å². The van der Waals surface area contributed by atoms with Gasteiger partial charge in [-0.05, 0) is 23.8 Å². The minimum atomic E-state index is -1.03. The summed E-state index contributed by atoms with van der Waals surface area (Å²) in [5, 5.41) is 2.39. The fourth-order valence-electron chi connectivity index (χ4n) is 1.88. The van der Waals surface area contributed by atoms with Crippen molar-refractivity contribution in [3.8, 4) is 0 Å². The van der Waals surface area contributed by atoms with E-state index in [1.165, 1.54) is 12.1 Å². The third-order valence-electron chi connectivity index (χ3n) is 2.99. The molecule has 0 aliphatic rings. The van der Waals surface area contributed by atoms with Crippen LogP contribution in [0.1, 0.15) is 11.1 Å². The first-order valence-corrected chi connectivity index (χ1v) is 6.69. The Morgan fingerprint density at radius 3 is 2.43 bits per heavy atom. The standard InChI is InChI=1S/C16H14F2N2O3/c17-13-3-1-2-11(15(13)18)9-23-14(21)8-10-4-6-12(7-5-10)20-16(19)22/h1-7H,8-9H2,(H3,19,20,22). The fraction of sp³-hybridized carbons (Fsp3) is 0.125. The number of carbonyl (C=O) groups is 2. The lowest BCUT2D eigenvalue weighted by molar-refractivity contribution is -0.144. The fourth-order valence-corrected chi connectivity index (χ4v) is 1.88. The van der Waals surface area contributed by atoms with E-state index < -0.39 is 23.6 Å². The number of esters is 1. The summed E-state index contributed by atoms with van der Waals surface area (Å²) in [6.45, 7) is -0.344. The van der Waals surface area contributed by atoms with E-state index in [0.717, 1.165) is 6.07 Å². The van der Waals surface area contributed by atoms with Gasteiger partial charge in [0.1, 0.15) is 6.61 Å². The minimum Gasteiger partial charge on any atom is -0.460 e. The molecule has 2 aromatic carbocycles. The topological polar surface area (TPSA) is 81.4 Å². The number of anilines is 1. The molecule has 0 spiro atoms. The summed E-state index contributed by atoms with van der Waals surface area (Å²) < 4.78 is 31.4. The van der Waals surface area contributed by atoms with Gasteiger partial charge in [0, 0.05) is 11.3 Å². The molecule has 0 heterocycles. The Morgan fingerprint density at radius 1 is 1.09 bits per heavy atom. The number of nitrogens with two attached hydrogens (primary N) is 1. The number of halogens is 2. The molecule has 0 aliphatic carbocycles. The average molecular weight is 320 g/mol. The average Bonchev–Trinajstić information content (AvgIpc) is 2.50. The van der Waals surface area contributed by atoms with Gasteiger partial charge in [-0.2, -0.15) is 0 Å². The first-order valence-electron chi connectivity index (χ1n) is 6.69.